The highest BCUT2D eigenvalue weighted by Crippen LogP contribution is 2.37. The van der Waals surface area contributed by atoms with Crippen molar-refractivity contribution in [2.75, 3.05) is 38.2 Å². The second kappa shape index (κ2) is 15.6. The number of halogens is 3. The number of thiazole rings is 1. The van der Waals surface area contributed by atoms with Crippen molar-refractivity contribution in [2.45, 2.75) is 57.1 Å². The molecule has 0 N–H and O–H groups in total. The molecule has 0 radical (unpaired) electrons. The van der Waals surface area contributed by atoms with Crippen molar-refractivity contribution in [3.05, 3.63) is 93.5 Å². The largest absolute Gasteiger partial charge is 0.497 e. The summed E-state index contributed by atoms with van der Waals surface area (Å²) in [6, 6.07) is 13.5. The Kier molecular flexibility index (Phi) is 11.7. The summed E-state index contributed by atoms with van der Waals surface area (Å²) in [6.07, 6.45) is 1.57. The molecule has 2 heterocycles. The Labute approximate surface area is 305 Å². The van der Waals surface area contributed by atoms with Gasteiger partial charge in [-0.3, -0.25) is 0 Å². The number of hydrogen-bond donors (Lipinski definition) is 0. The van der Waals surface area contributed by atoms with Crippen molar-refractivity contribution in [3.63, 3.8) is 0 Å². The lowest BCUT2D eigenvalue weighted by molar-refractivity contribution is 0.0110. The summed E-state index contributed by atoms with van der Waals surface area (Å²) in [5, 5.41) is 0.627. The van der Waals surface area contributed by atoms with Gasteiger partial charge in [0, 0.05) is 58.9 Å². The molecule has 4 aromatic rings. The number of anilines is 1. The fraction of sp³-hybridized carbons (Fsp3) is 0.389. The first-order valence-electron chi connectivity index (χ1n) is 16.1. The number of carbonyl (C=O) groups excluding carboxylic acids is 1. The highest BCUT2D eigenvalue weighted by Gasteiger charge is 2.36. The predicted octanol–water partition coefficient (Wildman–Crippen LogP) is 8.22. The Hall–Kier alpha value is -4.14. The van der Waals surface area contributed by atoms with Crippen LogP contribution in [-0.4, -0.2) is 63.9 Å². The van der Waals surface area contributed by atoms with Gasteiger partial charge in [0.05, 0.1) is 27.4 Å². The van der Waals surface area contributed by atoms with E-state index in [1.807, 2.05) is 12.1 Å². The van der Waals surface area contributed by atoms with Crippen molar-refractivity contribution < 1.29 is 40.9 Å². The monoisotopic (exact) mass is 763 g/mol. The summed E-state index contributed by atoms with van der Waals surface area (Å²) in [7, 11) is -1.79. The lowest BCUT2D eigenvalue weighted by atomic mass is 9.81. The zero-order valence-electron chi connectivity index (χ0n) is 29.1. The first-order valence-corrected chi connectivity index (χ1v) is 18.7. The number of benzene rings is 3. The number of aromatic nitrogens is 1. The maximum Gasteiger partial charge on any atom is 0.410 e. The molecular formula is C36H40ClF2N3O7S2. The lowest BCUT2D eigenvalue weighted by Gasteiger charge is -2.39. The van der Waals surface area contributed by atoms with E-state index in [2.05, 4.69) is 4.98 Å². The Morgan fingerprint density at radius 1 is 1.04 bits per heavy atom. The molecule has 274 valence electrons. The molecule has 0 bridgehead atoms. The molecule has 15 heteroatoms. The van der Waals surface area contributed by atoms with Crippen LogP contribution in [0.4, 0.5) is 18.7 Å². The van der Waals surface area contributed by atoms with Gasteiger partial charge in [0.1, 0.15) is 27.8 Å². The van der Waals surface area contributed by atoms with Crippen LogP contribution in [0.3, 0.4) is 0 Å². The normalized spacial score (nSPS) is 16.5. The van der Waals surface area contributed by atoms with Gasteiger partial charge in [0.25, 0.3) is 10.0 Å². The number of aryl methyl sites for hydroxylation is 1. The molecule has 2 atom stereocenters. The van der Waals surface area contributed by atoms with Gasteiger partial charge in [0.2, 0.25) is 0 Å². The molecular weight excluding hydrogens is 724 g/mol. The van der Waals surface area contributed by atoms with Gasteiger partial charge in [-0.2, -0.15) is 0 Å². The number of ether oxygens (including phenoxy) is 4. The summed E-state index contributed by atoms with van der Waals surface area (Å²) in [6.45, 7) is 7.35. The van der Waals surface area contributed by atoms with E-state index >= 15 is 8.78 Å². The molecule has 1 amide bonds. The molecule has 1 saturated heterocycles. The second-order valence-electron chi connectivity index (χ2n) is 13.1. The number of methoxy groups -OCH3 is 2. The van der Waals surface area contributed by atoms with Crippen LogP contribution < -0.4 is 18.5 Å². The molecule has 1 aliphatic heterocycles. The van der Waals surface area contributed by atoms with Crippen LogP contribution in [0.5, 0.6) is 17.2 Å². The van der Waals surface area contributed by atoms with Crippen LogP contribution in [-0.2, 0) is 21.3 Å². The highest BCUT2D eigenvalue weighted by molar-refractivity contribution is 7.93. The van der Waals surface area contributed by atoms with Gasteiger partial charge < -0.3 is 23.8 Å². The average Bonchev–Trinajstić information content (AvgIpc) is 3.52. The van der Waals surface area contributed by atoms with E-state index in [1.165, 1.54) is 20.4 Å². The zero-order chi connectivity index (χ0) is 37.1. The summed E-state index contributed by atoms with van der Waals surface area (Å²) in [5.74, 6) is -2.37. The summed E-state index contributed by atoms with van der Waals surface area (Å²) >= 11 is 7.21. The zero-order valence-corrected chi connectivity index (χ0v) is 31.5. The number of piperidine rings is 1. The van der Waals surface area contributed by atoms with E-state index in [0.717, 1.165) is 27.3 Å². The first-order chi connectivity index (χ1) is 24.1. The quantitative estimate of drug-likeness (QED) is 0.151. The van der Waals surface area contributed by atoms with Gasteiger partial charge in [0.15, 0.2) is 16.7 Å². The molecule has 3 aromatic carbocycles. The van der Waals surface area contributed by atoms with Crippen molar-refractivity contribution in [1.82, 2.24) is 9.88 Å². The Morgan fingerprint density at radius 2 is 1.76 bits per heavy atom. The molecule has 0 aliphatic carbocycles. The fourth-order valence-electron chi connectivity index (χ4n) is 5.83. The van der Waals surface area contributed by atoms with Crippen LogP contribution in [0, 0.1) is 24.5 Å². The molecule has 5 rings (SSSR count). The minimum Gasteiger partial charge on any atom is -0.497 e. The van der Waals surface area contributed by atoms with Crippen LogP contribution in [0.15, 0.2) is 65.7 Å². The van der Waals surface area contributed by atoms with Crippen molar-refractivity contribution >= 4 is 44.2 Å². The highest BCUT2D eigenvalue weighted by atomic mass is 35.5. The molecule has 51 heavy (non-hydrogen) atoms. The predicted molar refractivity (Wildman–Crippen MR) is 192 cm³/mol. The number of amides is 1. The van der Waals surface area contributed by atoms with Crippen LogP contribution in [0.1, 0.15) is 49.1 Å². The van der Waals surface area contributed by atoms with Gasteiger partial charge in [-0.1, -0.05) is 23.7 Å². The molecule has 0 unspecified atom stereocenters. The average molecular weight is 764 g/mol. The first kappa shape index (κ1) is 38.1. The molecule has 10 nitrogen and oxygen atoms in total. The van der Waals surface area contributed by atoms with Crippen LogP contribution in [0.2, 0.25) is 5.02 Å². The van der Waals surface area contributed by atoms with E-state index in [-0.39, 0.29) is 36.7 Å². The molecule has 0 spiro atoms. The number of carbonyl (C=O) groups is 1. The van der Waals surface area contributed by atoms with Gasteiger partial charge in [-0.05, 0) is 69.9 Å². The van der Waals surface area contributed by atoms with Gasteiger partial charge >= 0.3 is 6.09 Å². The Balaban J connectivity index is 1.42. The van der Waals surface area contributed by atoms with E-state index in [9.17, 15) is 13.2 Å². The lowest BCUT2D eigenvalue weighted by Crippen LogP contribution is -2.46. The molecule has 0 saturated carbocycles. The van der Waals surface area contributed by atoms with Gasteiger partial charge in [-0.15, -0.1) is 11.3 Å². The van der Waals surface area contributed by atoms with Gasteiger partial charge in [-0.25, -0.2) is 31.3 Å². The van der Waals surface area contributed by atoms with Crippen molar-refractivity contribution in [2.24, 2.45) is 5.92 Å². The molecule has 1 aromatic heterocycles. The van der Waals surface area contributed by atoms with E-state index in [1.54, 1.807) is 62.9 Å². The van der Waals surface area contributed by atoms with Crippen molar-refractivity contribution in [1.29, 1.82) is 0 Å². The SMILES string of the molecule is COc1ccc(CN(c2ncc(C)s2)S(=O)(=O)c2cc(F)c(OC[C@H]3CN(C(=O)OC(C)(C)C)CC[C@@H]3c3ccc(Cl)cc3)cc2F)c(OC)c1. The van der Waals surface area contributed by atoms with E-state index in [4.69, 9.17) is 30.5 Å². The summed E-state index contributed by atoms with van der Waals surface area (Å²) in [4.78, 5) is 18.6. The number of likely N-dealkylation sites (tertiary alicyclic amines) is 1. The number of sulfonamides is 1. The Morgan fingerprint density at radius 3 is 2.39 bits per heavy atom. The van der Waals surface area contributed by atoms with E-state index < -0.39 is 44.0 Å². The number of hydrogen-bond acceptors (Lipinski definition) is 9. The third-order valence-electron chi connectivity index (χ3n) is 8.32. The molecule has 1 aliphatic rings. The van der Waals surface area contributed by atoms with E-state index in [0.29, 0.717) is 46.0 Å². The minimum atomic E-state index is -4.71. The third-order valence-corrected chi connectivity index (χ3v) is 11.4. The standard InChI is InChI=1S/C36H40ClF2N3O7S2/c1-22-18-40-34(50-22)42(20-24-9-12-27(46-5)15-31(24)47-6)51(44,45)33-17-29(38)32(16-30(33)39)48-21-25-19-41(35(43)49-36(2,3)4)14-13-28(25)23-7-10-26(37)11-8-23/h7-12,15-18,25,28H,13-14,19-21H2,1-6H3/t25-,28-/m1/s1. The maximum absolute atomic E-state index is 15.9. The van der Waals surface area contributed by atoms with Crippen LogP contribution in [0.25, 0.3) is 0 Å². The summed E-state index contributed by atoms with van der Waals surface area (Å²) < 4.78 is 82.9. The molecule has 1 fully saturated rings. The number of nitrogens with zero attached hydrogens (tertiary/aromatic N) is 3. The summed E-state index contributed by atoms with van der Waals surface area (Å²) in [5.41, 5.74) is 0.697. The Bertz CT molecular complexity index is 1970. The maximum atomic E-state index is 15.9. The minimum absolute atomic E-state index is 0.0607. The fourth-order valence-corrected chi connectivity index (χ4v) is 8.38. The van der Waals surface area contributed by atoms with Crippen LogP contribution >= 0.6 is 22.9 Å². The smallest absolute Gasteiger partial charge is 0.410 e. The number of rotatable bonds is 11. The third kappa shape index (κ3) is 9.03. The van der Waals surface area contributed by atoms with Crippen molar-refractivity contribution in [3.8, 4) is 17.2 Å². The second-order valence-corrected chi connectivity index (χ2v) is 16.6. The topological polar surface area (TPSA) is 108 Å².